The van der Waals surface area contributed by atoms with Crippen LogP contribution in [0.3, 0.4) is 0 Å². The van der Waals surface area contributed by atoms with Crippen molar-refractivity contribution >= 4 is 11.8 Å². The maximum Gasteiger partial charge on any atom is 0.138 e. The summed E-state index contributed by atoms with van der Waals surface area (Å²) in [7, 11) is 0. The minimum Gasteiger partial charge on any atom is -0.550 e. The Morgan fingerprint density at radius 2 is 2.09 bits per heavy atom. The van der Waals surface area contributed by atoms with Crippen LogP contribution < -0.4 is 5.11 Å². The highest BCUT2D eigenvalue weighted by Crippen LogP contribution is 1.95. The summed E-state index contributed by atoms with van der Waals surface area (Å²) in [5.41, 5.74) is 0. The summed E-state index contributed by atoms with van der Waals surface area (Å²) in [6.45, 7) is 1.85. The van der Waals surface area contributed by atoms with E-state index in [9.17, 15) is 14.7 Å². The molecule has 0 radical (unpaired) electrons. The minimum atomic E-state index is -1.30. The molecule has 0 aromatic carbocycles. The number of hydrogen-bond donors (Lipinski definition) is 0. The Hall–Kier alpha value is -1.12. The number of rotatable bonds is 5. The Morgan fingerprint density at radius 1 is 1.45 bits per heavy atom. The van der Waals surface area contributed by atoms with E-state index >= 15 is 0 Å². The monoisotopic (exact) mass is 155 g/mol. The van der Waals surface area contributed by atoms with Crippen molar-refractivity contribution < 1.29 is 14.7 Å². The maximum atomic E-state index is 10.7. The van der Waals surface area contributed by atoms with Gasteiger partial charge >= 0.3 is 0 Å². The molecule has 0 aliphatic carbocycles. The molecule has 0 aliphatic rings. The van der Waals surface area contributed by atoms with E-state index in [-0.39, 0.29) is 5.78 Å². The van der Waals surface area contributed by atoms with E-state index in [0.29, 0.717) is 12.8 Å². The lowest BCUT2D eigenvalue weighted by Gasteiger charge is -1.98. The maximum absolute atomic E-state index is 10.7. The molecule has 0 bridgehead atoms. The highest BCUT2D eigenvalue weighted by atomic mass is 16.4. The third-order valence-electron chi connectivity index (χ3n) is 1.17. The van der Waals surface area contributed by atoms with Gasteiger partial charge in [-0.15, -0.1) is 0 Å². The van der Waals surface area contributed by atoms with Gasteiger partial charge < -0.3 is 9.90 Å². The van der Waals surface area contributed by atoms with Gasteiger partial charge in [0.15, 0.2) is 0 Å². The molecule has 0 fully saturated rings. The summed E-state index contributed by atoms with van der Waals surface area (Å²) in [6, 6.07) is 0. The van der Waals surface area contributed by atoms with Gasteiger partial charge in [-0.3, -0.25) is 4.79 Å². The number of Topliss-reactive ketones (excluding diaryl/α,β-unsaturated/α-hetero) is 1. The van der Waals surface area contributed by atoms with E-state index in [4.69, 9.17) is 0 Å². The fraction of sp³-hybridized carbons (Fsp3) is 0.500. The summed E-state index contributed by atoms with van der Waals surface area (Å²) < 4.78 is 0. The normalized spacial score (nSPS) is 10.3. The summed E-state index contributed by atoms with van der Waals surface area (Å²) in [5.74, 6) is -1.57. The average molecular weight is 155 g/mol. The van der Waals surface area contributed by atoms with Crippen molar-refractivity contribution in [2.45, 2.75) is 26.2 Å². The minimum absolute atomic E-state index is 0.275. The highest BCUT2D eigenvalue weighted by Gasteiger charge is 1.99. The first-order valence-electron chi connectivity index (χ1n) is 3.49. The van der Waals surface area contributed by atoms with Crippen LogP contribution in [0.1, 0.15) is 26.2 Å². The zero-order valence-electron chi connectivity index (χ0n) is 6.50. The molecule has 0 rings (SSSR count). The van der Waals surface area contributed by atoms with Crippen LogP contribution in [0.4, 0.5) is 0 Å². The number of carboxylic acids is 1. The van der Waals surface area contributed by atoms with Gasteiger partial charge in [-0.05, 0) is 13.3 Å². The molecule has 62 valence electrons. The van der Waals surface area contributed by atoms with E-state index in [0.717, 1.165) is 0 Å². The Bertz CT molecular complexity index is 170. The second-order valence-corrected chi connectivity index (χ2v) is 2.20. The van der Waals surface area contributed by atoms with E-state index in [2.05, 4.69) is 0 Å². The number of carboxylic acid groups (broad SMARTS) is 1. The van der Waals surface area contributed by atoms with Gasteiger partial charge in [0.2, 0.25) is 0 Å². The molecule has 11 heavy (non-hydrogen) atoms. The van der Waals surface area contributed by atoms with Crippen molar-refractivity contribution in [2.75, 3.05) is 0 Å². The fourth-order valence-electron chi connectivity index (χ4n) is 0.660. The number of carbonyl (C=O) groups is 2. The molecule has 3 heteroatoms. The first kappa shape index (κ1) is 9.88. The number of allylic oxidation sites excluding steroid dienone is 2. The van der Waals surface area contributed by atoms with Crippen molar-refractivity contribution in [3.8, 4) is 0 Å². The molecule has 0 spiro atoms. The number of hydrogen-bond acceptors (Lipinski definition) is 3. The molecular formula is C8H11O3-. The van der Waals surface area contributed by atoms with Crippen LogP contribution >= 0.6 is 0 Å². The van der Waals surface area contributed by atoms with Gasteiger partial charge in [0, 0.05) is 18.8 Å². The van der Waals surface area contributed by atoms with Gasteiger partial charge in [0.05, 0.1) is 0 Å². The third kappa shape index (κ3) is 6.77. The van der Waals surface area contributed by atoms with Crippen molar-refractivity contribution in [2.24, 2.45) is 0 Å². The molecule has 0 aromatic heterocycles. The van der Waals surface area contributed by atoms with Crippen molar-refractivity contribution in [3.63, 3.8) is 0 Å². The zero-order valence-corrected chi connectivity index (χ0v) is 6.50. The molecule has 0 heterocycles. The SMILES string of the molecule is C/C=C/CCC(=O)CC(=O)[O-]. The molecule has 0 saturated heterocycles. The lowest BCUT2D eigenvalue weighted by atomic mass is 10.1. The zero-order chi connectivity index (χ0) is 8.69. The van der Waals surface area contributed by atoms with Crippen molar-refractivity contribution in [3.05, 3.63) is 12.2 Å². The van der Waals surface area contributed by atoms with E-state index in [1.807, 2.05) is 19.1 Å². The summed E-state index contributed by atoms with van der Waals surface area (Å²) in [5, 5.41) is 9.89. The number of ketones is 1. The van der Waals surface area contributed by atoms with Crippen LogP contribution in [-0.2, 0) is 9.59 Å². The van der Waals surface area contributed by atoms with E-state index in [1.165, 1.54) is 0 Å². The van der Waals surface area contributed by atoms with Gasteiger partial charge in [0.1, 0.15) is 5.78 Å². The Morgan fingerprint density at radius 3 is 2.55 bits per heavy atom. The van der Waals surface area contributed by atoms with Crippen molar-refractivity contribution in [1.82, 2.24) is 0 Å². The van der Waals surface area contributed by atoms with E-state index in [1.54, 1.807) is 0 Å². The van der Waals surface area contributed by atoms with Crippen molar-refractivity contribution in [1.29, 1.82) is 0 Å². The quantitative estimate of drug-likeness (QED) is 0.416. The largest absolute Gasteiger partial charge is 0.550 e. The van der Waals surface area contributed by atoms with Gasteiger partial charge in [-0.25, -0.2) is 0 Å². The fourth-order valence-corrected chi connectivity index (χ4v) is 0.660. The van der Waals surface area contributed by atoms with Crippen LogP contribution in [0.25, 0.3) is 0 Å². The van der Waals surface area contributed by atoms with E-state index < -0.39 is 12.4 Å². The van der Waals surface area contributed by atoms with Crippen LogP contribution in [0, 0.1) is 0 Å². The lowest BCUT2D eigenvalue weighted by molar-refractivity contribution is -0.304. The number of aliphatic carboxylic acids is 1. The molecule has 0 N–H and O–H groups in total. The molecule has 0 aromatic rings. The Kier molecular flexibility index (Phi) is 5.07. The van der Waals surface area contributed by atoms with Crippen LogP contribution in [0.2, 0.25) is 0 Å². The summed E-state index contributed by atoms with van der Waals surface area (Å²) in [6.07, 6.45) is 4.10. The smallest absolute Gasteiger partial charge is 0.138 e. The third-order valence-corrected chi connectivity index (χ3v) is 1.17. The first-order chi connectivity index (χ1) is 5.16. The van der Waals surface area contributed by atoms with Gasteiger partial charge in [0.25, 0.3) is 0 Å². The predicted octanol–water partition coefficient (Wildman–Crippen LogP) is 0.0518. The van der Waals surface area contributed by atoms with Crippen LogP contribution in [0.5, 0.6) is 0 Å². The second-order valence-electron chi connectivity index (χ2n) is 2.20. The molecular weight excluding hydrogens is 144 g/mol. The molecule has 0 unspecified atom stereocenters. The van der Waals surface area contributed by atoms with Gasteiger partial charge in [-0.2, -0.15) is 0 Å². The predicted molar refractivity (Wildman–Crippen MR) is 38.7 cm³/mol. The second kappa shape index (κ2) is 5.65. The lowest BCUT2D eigenvalue weighted by Crippen LogP contribution is -2.25. The average Bonchev–Trinajstić information content (AvgIpc) is 1.86. The first-order valence-corrected chi connectivity index (χ1v) is 3.49. The Balaban J connectivity index is 3.45. The molecule has 0 saturated carbocycles. The highest BCUT2D eigenvalue weighted by molar-refractivity contribution is 5.93. The van der Waals surface area contributed by atoms with Gasteiger partial charge in [-0.1, -0.05) is 12.2 Å². The standard InChI is InChI=1S/C8H12O3/c1-2-3-4-5-7(9)6-8(10)11/h2-3H,4-6H2,1H3,(H,10,11)/p-1/b3-2+. The molecule has 0 atom stereocenters. The molecule has 3 nitrogen and oxygen atoms in total. The molecule has 0 amide bonds. The summed E-state index contributed by atoms with van der Waals surface area (Å²) >= 11 is 0. The van der Waals surface area contributed by atoms with Crippen LogP contribution in [0.15, 0.2) is 12.2 Å². The summed E-state index contributed by atoms with van der Waals surface area (Å²) in [4.78, 5) is 20.6. The van der Waals surface area contributed by atoms with Crippen LogP contribution in [-0.4, -0.2) is 11.8 Å². The number of carbonyl (C=O) groups excluding carboxylic acids is 2. The topological polar surface area (TPSA) is 57.2 Å². The Labute approximate surface area is 65.7 Å². The molecule has 0 aliphatic heterocycles.